The van der Waals surface area contributed by atoms with Gasteiger partial charge < -0.3 is 14.8 Å². The molecular weight excluding hydrogens is 252 g/mol. The minimum absolute atomic E-state index is 0.222. The van der Waals surface area contributed by atoms with E-state index in [-0.39, 0.29) is 11.5 Å². The SMILES string of the molecule is COc1ccc(C(C)NCC2(CC#N)CC2)cc1OC. The van der Waals surface area contributed by atoms with Gasteiger partial charge in [-0.2, -0.15) is 5.26 Å². The summed E-state index contributed by atoms with van der Waals surface area (Å²) >= 11 is 0. The molecule has 0 amide bonds. The second-order valence-corrected chi connectivity index (χ2v) is 5.55. The van der Waals surface area contributed by atoms with Crippen molar-refractivity contribution in [2.24, 2.45) is 5.41 Å². The van der Waals surface area contributed by atoms with Crippen molar-refractivity contribution in [3.8, 4) is 17.6 Å². The number of nitrogens with zero attached hydrogens (tertiary/aromatic N) is 1. The van der Waals surface area contributed by atoms with Crippen LogP contribution in [0.3, 0.4) is 0 Å². The van der Waals surface area contributed by atoms with Gasteiger partial charge in [0.1, 0.15) is 0 Å². The highest BCUT2D eigenvalue weighted by Crippen LogP contribution is 2.48. The van der Waals surface area contributed by atoms with Crippen LogP contribution in [0.4, 0.5) is 0 Å². The van der Waals surface area contributed by atoms with E-state index in [1.165, 1.54) is 0 Å². The first-order valence-corrected chi connectivity index (χ1v) is 6.96. The van der Waals surface area contributed by atoms with E-state index < -0.39 is 0 Å². The number of rotatable bonds is 7. The average Bonchev–Trinajstić information content (AvgIpc) is 3.24. The minimum atomic E-state index is 0.222. The summed E-state index contributed by atoms with van der Waals surface area (Å²) in [6.45, 7) is 3.03. The molecule has 2 rings (SSSR count). The summed E-state index contributed by atoms with van der Waals surface area (Å²) in [5, 5.41) is 12.4. The smallest absolute Gasteiger partial charge is 0.161 e. The summed E-state index contributed by atoms with van der Waals surface area (Å²) in [6.07, 6.45) is 2.97. The quantitative estimate of drug-likeness (QED) is 0.830. The first-order chi connectivity index (χ1) is 9.64. The van der Waals surface area contributed by atoms with Gasteiger partial charge in [-0.1, -0.05) is 6.07 Å². The van der Waals surface area contributed by atoms with Crippen molar-refractivity contribution >= 4 is 0 Å². The van der Waals surface area contributed by atoms with E-state index in [4.69, 9.17) is 14.7 Å². The van der Waals surface area contributed by atoms with Gasteiger partial charge in [0.2, 0.25) is 0 Å². The van der Waals surface area contributed by atoms with Crippen LogP contribution in [0.15, 0.2) is 18.2 Å². The number of nitriles is 1. The first kappa shape index (κ1) is 14.7. The normalized spacial score (nSPS) is 17.1. The van der Waals surface area contributed by atoms with Crippen molar-refractivity contribution in [2.75, 3.05) is 20.8 Å². The highest BCUT2D eigenvalue weighted by Gasteiger charge is 2.42. The summed E-state index contributed by atoms with van der Waals surface area (Å²) < 4.78 is 10.6. The molecule has 1 unspecified atom stereocenters. The van der Waals surface area contributed by atoms with Crippen LogP contribution in [-0.4, -0.2) is 20.8 Å². The molecule has 1 aliphatic rings. The maximum absolute atomic E-state index is 8.84. The third kappa shape index (κ3) is 3.23. The van der Waals surface area contributed by atoms with E-state index in [1.807, 2.05) is 18.2 Å². The Hall–Kier alpha value is -1.73. The van der Waals surface area contributed by atoms with Crippen LogP contribution in [0.1, 0.15) is 37.8 Å². The van der Waals surface area contributed by atoms with Gasteiger partial charge >= 0.3 is 0 Å². The molecule has 1 saturated carbocycles. The van der Waals surface area contributed by atoms with E-state index >= 15 is 0 Å². The molecule has 4 nitrogen and oxygen atoms in total. The molecule has 4 heteroatoms. The van der Waals surface area contributed by atoms with E-state index in [0.29, 0.717) is 6.42 Å². The molecule has 0 bridgehead atoms. The number of hydrogen-bond acceptors (Lipinski definition) is 4. The van der Waals surface area contributed by atoms with Crippen LogP contribution >= 0.6 is 0 Å². The Morgan fingerprint density at radius 3 is 2.55 bits per heavy atom. The van der Waals surface area contributed by atoms with E-state index in [0.717, 1.165) is 36.4 Å². The Bertz CT molecular complexity index is 504. The molecule has 0 heterocycles. The predicted octanol–water partition coefficient (Wildman–Crippen LogP) is 3.05. The fraction of sp³-hybridized carbons (Fsp3) is 0.562. The van der Waals surface area contributed by atoms with Crippen LogP contribution < -0.4 is 14.8 Å². The molecule has 1 aromatic rings. The van der Waals surface area contributed by atoms with Crippen molar-refractivity contribution in [1.29, 1.82) is 5.26 Å². The molecule has 1 aromatic carbocycles. The van der Waals surface area contributed by atoms with Crippen LogP contribution in [0, 0.1) is 16.7 Å². The Kier molecular flexibility index (Phi) is 4.51. The zero-order valence-corrected chi connectivity index (χ0v) is 12.4. The zero-order chi connectivity index (χ0) is 14.6. The van der Waals surface area contributed by atoms with Gasteiger partial charge in [0, 0.05) is 19.0 Å². The fourth-order valence-electron chi connectivity index (χ4n) is 2.37. The molecule has 0 aromatic heterocycles. The van der Waals surface area contributed by atoms with Gasteiger partial charge in [-0.15, -0.1) is 0 Å². The van der Waals surface area contributed by atoms with E-state index in [9.17, 15) is 0 Å². The molecule has 0 saturated heterocycles. The molecule has 108 valence electrons. The third-order valence-electron chi connectivity index (χ3n) is 4.10. The van der Waals surface area contributed by atoms with Crippen LogP contribution in [0.25, 0.3) is 0 Å². The summed E-state index contributed by atoms with van der Waals surface area (Å²) in [6, 6.07) is 8.49. The second-order valence-electron chi connectivity index (χ2n) is 5.55. The topological polar surface area (TPSA) is 54.3 Å². The Morgan fingerprint density at radius 2 is 2.00 bits per heavy atom. The second kappa shape index (κ2) is 6.15. The summed E-state index contributed by atoms with van der Waals surface area (Å²) in [4.78, 5) is 0. The van der Waals surface area contributed by atoms with E-state index in [2.05, 4.69) is 18.3 Å². The van der Waals surface area contributed by atoms with Crippen LogP contribution in [0.5, 0.6) is 11.5 Å². The average molecular weight is 274 g/mol. The Balaban J connectivity index is 1.99. The summed E-state index contributed by atoms with van der Waals surface area (Å²) in [5.74, 6) is 1.49. The molecule has 1 atom stereocenters. The molecule has 1 fully saturated rings. The van der Waals surface area contributed by atoms with Crippen molar-refractivity contribution < 1.29 is 9.47 Å². The highest BCUT2D eigenvalue weighted by molar-refractivity contribution is 5.43. The first-order valence-electron chi connectivity index (χ1n) is 6.96. The van der Waals surface area contributed by atoms with Crippen molar-refractivity contribution in [1.82, 2.24) is 5.32 Å². The third-order valence-corrected chi connectivity index (χ3v) is 4.10. The lowest BCUT2D eigenvalue weighted by Crippen LogP contribution is -2.26. The van der Waals surface area contributed by atoms with Crippen LogP contribution in [-0.2, 0) is 0 Å². The molecule has 0 aliphatic heterocycles. The summed E-state index contributed by atoms with van der Waals surface area (Å²) in [7, 11) is 3.28. The van der Waals surface area contributed by atoms with Crippen LogP contribution in [0.2, 0.25) is 0 Å². The number of nitrogens with one attached hydrogen (secondary N) is 1. The number of hydrogen-bond donors (Lipinski definition) is 1. The lowest BCUT2D eigenvalue weighted by Gasteiger charge is -2.19. The molecular formula is C16H22N2O2. The Morgan fingerprint density at radius 1 is 1.30 bits per heavy atom. The van der Waals surface area contributed by atoms with Crippen molar-refractivity contribution in [3.63, 3.8) is 0 Å². The monoisotopic (exact) mass is 274 g/mol. The number of methoxy groups -OCH3 is 2. The Labute approximate surface area is 120 Å². The molecule has 1 N–H and O–H groups in total. The molecule has 1 aliphatic carbocycles. The maximum Gasteiger partial charge on any atom is 0.161 e. The largest absolute Gasteiger partial charge is 0.493 e. The van der Waals surface area contributed by atoms with Gasteiger partial charge in [-0.05, 0) is 42.9 Å². The number of benzene rings is 1. The predicted molar refractivity (Wildman–Crippen MR) is 77.9 cm³/mol. The maximum atomic E-state index is 8.84. The van der Waals surface area contributed by atoms with Gasteiger partial charge in [-0.3, -0.25) is 0 Å². The van der Waals surface area contributed by atoms with Gasteiger partial charge in [0.05, 0.1) is 20.3 Å². The van der Waals surface area contributed by atoms with Gasteiger partial charge in [0.25, 0.3) is 0 Å². The van der Waals surface area contributed by atoms with Gasteiger partial charge in [-0.25, -0.2) is 0 Å². The lowest BCUT2D eigenvalue weighted by atomic mass is 10.0. The summed E-state index contributed by atoms with van der Waals surface area (Å²) in [5.41, 5.74) is 1.38. The lowest BCUT2D eigenvalue weighted by molar-refractivity contribution is 0.353. The van der Waals surface area contributed by atoms with Crippen molar-refractivity contribution in [2.45, 2.75) is 32.2 Å². The molecule has 0 radical (unpaired) electrons. The van der Waals surface area contributed by atoms with Crippen molar-refractivity contribution in [3.05, 3.63) is 23.8 Å². The molecule has 0 spiro atoms. The number of ether oxygens (including phenoxy) is 2. The van der Waals surface area contributed by atoms with Gasteiger partial charge in [0.15, 0.2) is 11.5 Å². The highest BCUT2D eigenvalue weighted by atomic mass is 16.5. The molecule has 20 heavy (non-hydrogen) atoms. The fourth-order valence-corrected chi connectivity index (χ4v) is 2.37. The van der Waals surface area contributed by atoms with E-state index in [1.54, 1.807) is 14.2 Å². The standard InChI is InChI=1S/C16H22N2O2/c1-12(18-11-16(6-7-16)8-9-17)13-4-5-14(19-2)15(10-13)20-3/h4-5,10,12,18H,6-8,11H2,1-3H3. The zero-order valence-electron chi connectivity index (χ0n) is 12.4. The minimum Gasteiger partial charge on any atom is -0.493 e.